The number of rotatable bonds is 3. The third kappa shape index (κ3) is 2.19. The highest BCUT2D eigenvalue weighted by atomic mass is 19.1. The number of hydrogen-bond acceptors (Lipinski definition) is 1. The quantitative estimate of drug-likeness (QED) is 0.797. The van der Waals surface area contributed by atoms with E-state index >= 15 is 0 Å². The van der Waals surface area contributed by atoms with Gasteiger partial charge in [-0.25, -0.2) is 9.37 Å². The van der Waals surface area contributed by atoms with E-state index < -0.39 is 5.67 Å². The minimum Gasteiger partial charge on any atom is -0.323 e. The van der Waals surface area contributed by atoms with Crippen LogP contribution in [0, 0.1) is 6.42 Å². The molecule has 21 heavy (non-hydrogen) atoms. The predicted octanol–water partition coefficient (Wildman–Crippen LogP) is 4.72. The van der Waals surface area contributed by atoms with Crippen LogP contribution in [0.25, 0.3) is 11.3 Å². The molecule has 0 bridgehead atoms. The highest BCUT2D eigenvalue weighted by molar-refractivity contribution is 5.68. The topological polar surface area (TPSA) is 17.8 Å². The van der Waals surface area contributed by atoms with Gasteiger partial charge in [0, 0.05) is 5.56 Å². The van der Waals surface area contributed by atoms with E-state index in [4.69, 9.17) is 0 Å². The Morgan fingerprint density at radius 3 is 2.90 bits per heavy atom. The highest BCUT2D eigenvalue weighted by Crippen LogP contribution is 2.44. The summed E-state index contributed by atoms with van der Waals surface area (Å²) in [5.74, 6) is 0. The van der Waals surface area contributed by atoms with E-state index in [-0.39, 0.29) is 6.04 Å². The molecule has 2 nitrogen and oxygen atoms in total. The third-order valence-corrected chi connectivity index (χ3v) is 5.06. The van der Waals surface area contributed by atoms with E-state index in [9.17, 15) is 4.39 Å². The van der Waals surface area contributed by atoms with Gasteiger partial charge in [0.05, 0.1) is 24.3 Å². The van der Waals surface area contributed by atoms with E-state index in [1.807, 2.05) is 12.5 Å². The molecule has 1 aliphatic heterocycles. The molecule has 1 aromatic heterocycles. The Balaban J connectivity index is 1.58. The predicted molar refractivity (Wildman–Crippen MR) is 81.6 cm³/mol. The van der Waals surface area contributed by atoms with E-state index in [1.54, 1.807) is 0 Å². The minimum atomic E-state index is -0.965. The first-order valence-electron chi connectivity index (χ1n) is 7.89. The van der Waals surface area contributed by atoms with Gasteiger partial charge < -0.3 is 4.57 Å². The molecular formula is C18H20FN2. The number of halogens is 1. The van der Waals surface area contributed by atoms with Crippen LogP contribution in [0.3, 0.4) is 0 Å². The van der Waals surface area contributed by atoms with Gasteiger partial charge in [-0.3, -0.25) is 0 Å². The number of aromatic nitrogens is 2. The van der Waals surface area contributed by atoms with Crippen molar-refractivity contribution in [2.24, 2.45) is 0 Å². The fraction of sp³-hybridized carbons (Fsp3) is 0.444. The van der Waals surface area contributed by atoms with Crippen LogP contribution in [0.15, 0.2) is 36.8 Å². The first-order valence-corrected chi connectivity index (χ1v) is 7.89. The van der Waals surface area contributed by atoms with E-state index in [1.165, 1.54) is 16.8 Å². The fourth-order valence-electron chi connectivity index (χ4n) is 3.86. The molecule has 0 spiro atoms. The van der Waals surface area contributed by atoms with E-state index in [2.05, 4.69) is 40.2 Å². The molecule has 1 aliphatic carbocycles. The number of benzene rings is 1. The Morgan fingerprint density at radius 2 is 2.05 bits per heavy atom. The molecule has 0 saturated heterocycles. The van der Waals surface area contributed by atoms with Crippen LogP contribution in [0.2, 0.25) is 0 Å². The van der Waals surface area contributed by atoms with Gasteiger partial charge >= 0.3 is 0 Å². The molecule has 2 heterocycles. The van der Waals surface area contributed by atoms with Gasteiger partial charge in [0.1, 0.15) is 5.67 Å². The summed E-state index contributed by atoms with van der Waals surface area (Å²) in [5, 5.41) is 0. The van der Waals surface area contributed by atoms with Crippen LogP contribution < -0.4 is 0 Å². The second-order valence-corrected chi connectivity index (χ2v) is 6.34. The van der Waals surface area contributed by atoms with Gasteiger partial charge in [0.15, 0.2) is 0 Å². The molecule has 1 unspecified atom stereocenters. The van der Waals surface area contributed by atoms with Crippen molar-refractivity contribution in [2.45, 2.75) is 50.2 Å². The Hall–Kier alpha value is -1.64. The molecule has 3 heteroatoms. The molecule has 1 atom stereocenters. The van der Waals surface area contributed by atoms with Gasteiger partial charge in [-0.1, -0.05) is 24.3 Å². The maximum atomic E-state index is 14.9. The lowest BCUT2D eigenvalue weighted by atomic mass is 9.82. The summed E-state index contributed by atoms with van der Waals surface area (Å²) in [6.45, 7) is 0. The van der Waals surface area contributed by atoms with Crippen molar-refractivity contribution < 1.29 is 4.39 Å². The van der Waals surface area contributed by atoms with Gasteiger partial charge in [-0.15, -0.1) is 0 Å². The average molecular weight is 283 g/mol. The molecule has 0 amide bonds. The Kier molecular flexibility index (Phi) is 3.09. The summed E-state index contributed by atoms with van der Waals surface area (Å²) < 4.78 is 17.1. The summed E-state index contributed by atoms with van der Waals surface area (Å²) in [5.41, 5.74) is 2.78. The maximum absolute atomic E-state index is 14.9. The van der Waals surface area contributed by atoms with Crippen molar-refractivity contribution in [3.63, 3.8) is 0 Å². The summed E-state index contributed by atoms with van der Waals surface area (Å²) in [4.78, 5) is 4.27. The van der Waals surface area contributed by atoms with Crippen molar-refractivity contribution >= 4 is 0 Å². The lowest BCUT2D eigenvalue weighted by Gasteiger charge is -2.30. The number of nitrogens with zero attached hydrogens (tertiary/aromatic N) is 2. The third-order valence-electron chi connectivity index (χ3n) is 5.06. The Bertz CT molecular complexity index is 640. The SMILES string of the molecule is FC1(CCC2c3ccccc3-c3cncn32)CC[CH]CC1. The smallest absolute Gasteiger partial charge is 0.111 e. The van der Waals surface area contributed by atoms with Crippen LogP contribution >= 0.6 is 0 Å². The van der Waals surface area contributed by atoms with Gasteiger partial charge in [-0.05, 0) is 50.5 Å². The molecule has 1 aromatic carbocycles. The highest BCUT2D eigenvalue weighted by Gasteiger charge is 2.35. The largest absolute Gasteiger partial charge is 0.323 e. The molecule has 4 rings (SSSR count). The summed E-state index contributed by atoms with van der Waals surface area (Å²) in [6.07, 6.45) is 10.8. The van der Waals surface area contributed by atoms with Crippen molar-refractivity contribution in [3.8, 4) is 11.3 Å². The molecular weight excluding hydrogens is 263 g/mol. The van der Waals surface area contributed by atoms with Gasteiger partial charge in [0.2, 0.25) is 0 Å². The van der Waals surface area contributed by atoms with Crippen LogP contribution in [0.4, 0.5) is 4.39 Å². The molecule has 1 saturated carbocycles. The zero-order valence-corrected chi connectivity index (χ0v) is 12.1. The molecule has 2 aliphatic rings. The normalized spacial score (nSPS) is 22.8. The maximum Gasteiger partial charge on any atom is 0.111 e. The van der Waals surface area contributed by atoms with Gasteiger partial charge in [0.25, 0.3) is 0 Å². The zero-order valence-electron chi connectivity index (χ0n) is 12.1. The van der Waals surface area contributed by atoms with Crippen molar-refractivity contribution in [1.29, 1.82) is 0 Å². The Morgan fingerprint density at radius 1 is 1.24 bits per heavy atom. The lowest BCUT2D eigenvalue weighted by molar-refractivity contribution is 0.103. The van der Waals surface area contributed by atoms with Crippen molar-refractivity contribution in [3.05, 3.63) is 48.8 Å². The number of hydrogen-bond donors (Lipinski definition) is 0. The summed E-state index contributed by atoms with van der Waals surface area (Å²) >= 11 is 0. The summed E-state index contributed by atoms with van der Waals surface area (Å²) in [7, 11) is 0. The standard InChI is InChI=1S/C18H20FN2/c19-18(9-4-1-5-10-18)11-8-16-14-6-2-3-7-15(14)17-12-20-13-21(16)17/h1-3,6-7,12-13,16H,4-5,8-11H2. The fourth-order valence-corrected chi connectivity index (χ4v) is 3.86. The van der Waals surface area contributed by atoms with Crippen LogP contribution in [0.5, 0.6) is 0 Å². The van der Waals surface area contributed by atoms with Crippen molar-refractivity contribution in [2.75, 3.05) is 0 Å². The van der Waals surface area contributed by atoms with Gasteiger partial charge in [-0.2, -0.15) is 0 Å². The molecule has 109 valence electrons. The van der Waals surface area contributed by atoms with E-state index in [0.717, 1.165) is 19.3 Å². The lowest BCUT2D eigenvalue weighted by Crippen LogP contribution is -2.27. The minimum absolute atomic E-state index is 0.247. The second kappa shape index (κ2) is 4.97. The average Bonchev–Trinajstić information content (AvgIpc) is 3.07. The summed E-state index contributed by atoms with van der Waals surface area (Å²) in [6, 6.07) is 8.70. The molecule has 2 aromatic rings. The van der Waals surface area contributed by atoms with Crippen LogP contribution in [-0.4, -0.2) is 15.2 Å². The molecule has 0 N–H and O–H groups in total. The number of imidazole rings is 1. The first kappa shape index (κ1) is 13.1. The molecule has 1 radical (unpaired) electrons. The van der Waals surface area contributed by atoms with E-state index in [0.29, 0.717) is 19.3 Å². The monoisotopic (exact) mass is 283 g/mol. The van der Waals surface area contributed by atoms with Crippen LogP contribution in [0.1, 0.15) is 50.1 Å². The van der Waals surface area contributed by atoms with Crippen molar-refractivity contribution in [1.82, 2.24) is 9.55 Å². The number of alkyl halides is 1. The zero-order chi connectivity index (χ0) is 14.3. The second-order valence-electron chi connectivity index (χ2n) is 6.34. The van der Waals surface area contributed by atoms with Crippen LogP contribution in [-0.2, 0) is 0 Å². The number of fused-ring (bicyclic) bond motifs is 3. The Labute approximate surface area is 125 Å². The molecule has 1 fully saturated rings. The first-order chi connectivity index (χ1) is 10.3.